The van der Waals surface area contributed by atoms with Crippen molar-refractivity contribution in [2.75, 3.05) is 20.8 Å². The van der Waals surface area contributed by atoms with Gasteiger partial charge in [-0.15, -0.1) is 0 Å². The zero-order valence-corrected chi connectivity index (χ0v) is 13.4. The first-order valence-corrected chi connectivity index (χ1v) is 8.23. The highest BCUT2D eigenvalue weighted by Gasteiger charge is 2.16. The second-order valence-electron chi connectivity index (χ2n) is 5.94. The number of methoxy groups -OCH3 is 1. The maximum atomic E-state index is 5.82. The molecule has 0 amide bonds. The van der Waals surface area contributed by atoms with Crippen LogP contribution in [-0.2, 0) is 11.2 Å². The van der Waals surface area contributed by atoms with Gasteiger partial charge in [-0.3, -0.25) is 0 Å². The Morgan fingerprint density at radius 1 is 1.24 bits per heavy atom. The molecule has 3 nitrogen and oxygen atoms in total. The number of benzene rings is 1. The smallest absolute Gasteiger partial charge is 0.118 e. The molecule has 2 atom stereocenters. The summed E-state index contributed by atoms with van der Waals surface area (Å²) in [5.41, 5.74) is 1.38. The molecule has 3 heteroatoms. The van der Waals surface area contributed by atoms with Gasteiger partial charge in [0, 0.05) is 12.6 Å². The van der Waals surface area contributed by atoms with Gasteiger partial charge >= 0.3 is 0 Å². The Labute approximate surface area is 129 Å². The lowest BCUT2D eigenvalue weighted by Crippen LogP contribution is -2.28. The zero-order chi connectivity index (χ0) is 14.9. The molecule has 1 heterocycles. The molecule has 21 heavy (non-hydrogen) atoms. The van der Waals surface area contributed by atoms with Crippen molar-refractivity contribution < 1.29 is 9.47 Å². The summed E-state index contributed by atoms with van der Waals surface area (Å²) < 4.78 is 11.0. The third-order valence-corrected chi connectivity index (χ3v) is 4.46. The van der Waals surface area contributed by atoms with E-state index in [1.165, 1.54) is 44.1 Å². The van der Waals surface area contributed by atoms with E-state index >= 15 is 0 Å². The Morgan fingerprint density at radius 3 is 2.67 bits per heavy atom. The molecule has 0 aromatic heterocycles. The van der Waals surface area contributed by atoms with Gasteiger partial charge in [-0.25, -0.2) is 0 Å². The van der Waals surface area contributed by atoms with Gasteiger partial charge in [0.05, 0.1) is 13.2 Å². The lowest BCUT2D eigenvalue weighted by Gasteiger charge is -2.24. The lowest BCUT2D eigenvalue weighted by molar-refractivity contribution is 0.00857. The van der Waals surface area contributed by atoms with Crippen molar-refractivity contribution in [2.45, 2.75) is 57.1 Å². The van der Waals surface area contributed by atoms with E-state index in [2.05, 4.69) is 24.5 Å². The summed E-state index contributed by atoms with van der Waals surface area (Å²) in [6, 6.07) is 8.99. The third-order valence-electron chi connectivity index (χ3n) is 4.46. The van der Waals surface area contributed by atoms with Gasteiger partial charge in [0.25, 0.3) is 0 Å². The van der Waals surface area contributed by atoms with Crippen molar-refractivity contribution in [3.8, 4) is 5.75 Å². The predicted molar refractivity (Wildman–Crippen MR) is 87.0 cm³/mol. The van der Waals surface area contributed by atoms with Crippen molar-refractivity contribution in [3.05, 3.63) is 29.8 Å². The van der Waals surface area contributed by atoms with Crippen LogP contribution < -0.4 is 10.1 Å². The van der Waals surface area contributed by atoms with Gasteiger partial charge in [0.1, 0.15) is 5.75 Å². The topological polar surface area (TPSA) is 30.5 Å². The molecule has 2 unspecified atom stereocenters. The Kier molecular flexibility index (Phi) is 7.04. The van der Waals surface area contributed by atoms with Crippen molar-refractivity contribution in [3.63, 3.8) is 0 Å². The molecular weight excluding hydrogens is 262 g/mol. The van der Waals surface area contributed by atoms with Crippen LogP contribution in [0.4, 0.5) is 0 Å². The highest BCUT2D eigenvalue weighted by atomic mass is 16.5. The molecule has 1 aliphatic rings. The Balaban J connectivity index is 1.70. The quantitative estimate of drug-likeness (QED) is 0.794. The lowest BCUT2D eigenvalue weighted by atomic mass is 9.97. The van der Waals surface area contributed by atoms with Crippen LogP contribution in [0.2, 0.25) is 0 Å². The summed E-state index contributed by atoms with van der Waals surface area (Å²) in [6.07, 6.45) is 9.00. The zero-order valence-electron chi connectivity index (χ0n) is 13.4. The summed E-state index contributed by atoms with van der Waals surface area (Å²) in [5, 5.41) is 3.45. The van der Waals surface area contributed by atoms with Gasteiger partial charge < -0.3 is 14.8 Å². The normalized spacial score (nSPS) is 20.2. The van der Waals surface area contributed by atoms with Gasteiger partial charge in [0.15, 0.2) is 0 Å². The molecule has 1 saturated heterocycles. The number of hydrogen-bond donors (Lipinski definition) is 1. The first kappa shape index (κ1) is 16.3. The minimum absolute atomic E-state index is 0.496. The van der Waals surface area contributed by atoms with Crippen LogP contribution in [0.3, 0.4) is 0 Å². The van der Waals surface area contributed by atoms with Crippen LogP contribution in [0.25, 0.3) is 0 Å². The average Bonchev–Trinajstić information content (AvgIpc) is 2.56. The van der Waals surface area contributed by atoms with E-state index in [0.717, 1.165) is 18.8 Å². The summed E-state index contributed by atoms with van der Waals surface area (Å²) >= 11 is 0. The molecule has 118 valence electrons. The fourth-order valence-corrected chi connectivity index (χ4v) is 2.99. The molecular formula is C18H29NO2. The highest BCUT2D eigenvalue weighted by molar-refractivity contribution is 5.27. The fraction of sp³-hybridized carbons (Fsp3) is 0.667. The maximum Gasteiger partial charge on any atom is 0.118 e. The van der Waals surface area contributed by atoms with E-state index in [9.17, 15) is 0 Å². The van der Waals surface area contributed by atoms with Gasteiger partial charge in [-0.1, -0.05) is 12.1 Å². The van der Waals surface area contributed by atoms with Crippen molar-refractivity contribution in [2.24, 2.45) is 0 Å². The SMILES string of the molecule is CNC(CCc1ccc(OC)cc1)CCC1CCCCO1. The molecule has 2 rings (SSSR count). The van der Waals surface area contributed by atoms with Crippen LogP contribution in [0.5, 0.6) is 5.75 Å². The van der Waals surface area contributed by atoms with E-state index in [4.69, 9.17) is 9.47 Å². The largest absolute Gasteiger partial charge is 0.497 e. The Hall–Kier alpha value is -1.06. The first-order chi connectivity index (χ1) is 10.3. The molecule has 1 aromatic rings. The Morgan fingerprint density at radius 2 is 2.05 bits per heavy atom. The molecule has 1 N–H and O–H groups in total. The predicted octanol–water partition coefficient (Wildman–Crippen LogP) is 3.57. The number of aryl methyl sites for hydroxylation is 1. The number of rotatable bonds is 8. The summed E-state index contributed by atoms with van der Waals surface area (Å²) in [4.78, 5) is 0. The van der Waals surface area contributed by atoms with Gasteiger partial charge in [-0.05, 0) is 69.7 Å². The molecule has 0 aliphatic carbocycles. The average molecular weight is 291 g/mol. The van der Waals surface area contributed by atoms with E-state index in [-0.39, 0.29) is 0 Å². The van der Waals surface area contributed by atoms with E-state index in [0.29, 0.717) is 12.1 Å². The molecule has 1 fully saturated rings. The first-order valence-electron chi connectivity index (χ1n) is 8.23. The van der Waals surface area contributed by atoms with Crippen molar-refractivity contribution in [1.29, 1.82) is 0 Å². The van der Waals surface area contributed by atoms with Crippen LogP contribution in [0.15, 0.2) is 24.3 Å². The fourth-order valence-electron chi connectivity index (χ4n) is 2.99. The van der Waals surface area contributed by atoms with Gasteiger partial charge in [-0.2, -0.15) is 0 Å². The number of nitrogens with one attached hydrogen (secondary N) is 1. The summed E-state index contributed by atoms with van der Waals surface area (Å²) in [6.45, 7) is 0.959. The molecule has 0 spiro atoms. The minimum Gasteiger partial charge on any atom is -0.497 e. The Bertz CT molecular complexity index is 385. The number of ether oxygens (including phenoxy) is 2. The molecule has 1 aliphatic heterocycles. The summed E-state index contributed by atoms with van der Waals surface area (Å²) in [7, 11) is 3.78. The second-order valence-corrected chi connectivity index (χ2v) is 5.94. The van der Waals surface area contributed by atoms with Crippen molar-refractivity contribution in [1.82, 2.24) is 5.32 Å². The van der Waals surface area contributed by atoms with Crippen molar-refractivity contribution >= 4 is 0 Å². The molecule has 0 radical (unpaired) electrons. The van der Waals surface area contributed by atoms with E-state index in [1.807, 2.05) is 12.1 Å². The maximum absolute atomic E-state index is 5.82. The van der Waals surface area contributed by atoms with Crippen LogP contribution in [0, 0.1) is 0 Å². The number of hydrogen-bond acceptors (Lipinski definition) is 3. The molecule has 0 bridgehead atoms. The minimum atomic E-state index is 0.496. The summed E-state index contributed by atoms with van der Waals surface area (Å²) in [5.74, 6) is 0.929. The monoisotopic (exact) mass is 291 g/mol. The second kappa shape index (κ2) is 9.06. The van der Waals surface area contributed by atoms with E-state index < -0.39 is 0 Å². The third kappa shape index (κ3) is 5.68. The van der Waals surface area contributed by atoms with E-state index in [1.54, 1.807) is 7.11 Å². The van der Waals surface area contributed by atoms with Crippen LogP contribution >= 0.6 is 0 Å². The van der Waals surface area contributed by atoms with Crippen LogP contribution in [-0.4, -0.2) is 32.9 Å². The molecule has 0 saturated carbocycles. The van der Waals surface area contributed by atoms with Gasteiger partial charge in [0.2, 0.25) is 0 Å². The highest BCUT2D eigenvalue weighted by Crippen LogP contribution is 2.19. The van der Waals surface area contributed by atoms with Crippen LogP contribution in [0.1, 0.15) is 44.1 Å². The molecule has 1 aromatic carbocycles. The standard InChI is InChI=1S/C18H29NO2/c1-19-16(10-13-18-5-3-4-14-21-18)9-6-15-7-11-17(20-2)12-8-15/h7-8,11-12,16,18-19H,3-6,9-10,13-14H2,1-2H3.